The monoisotopic (exact) mass is 469 g/mol. The van der Waals surface area contributed by atoms with E-state index < -0.39 is 37.9 Å². The molecule has 1 aromatic heterocycles. The Morgan fingerprint density at radius 3 is 1.90 bits per heavy atom. The van der Waals surface area contributed by atoms with E-state index >= 15 is 0 Å². The van der Waals surface area contributed by atoms with Crippen LogP contribution in [0, 0.1) is 0 Å². The molecular weight excluding hydrogens is 454 g/mol. The SMILES string of the molecule is O=S(=O)(O)Oc1ccc(C(O)(c2ccccn2)c2ccc(OS(=O)(=O)O)cc2O)cc1. The van der Waals surface area contributed by atoms with Crippen molar-refractivity contribution in [3.05, 3.63) is 83.7 Å². The molecule has 3 rings (SSSR count). The van der Waals surface area contributed by atoms with Crippen LogP contribution in [0.4, 0.5) is 0 Å². The van der Waals surface area contributed by atoms with Crippen molar-refractivity contribution in [3.8, 4) is 17.2 Å². The molecule has 31 heavy (non-hydrogen) atoms. The molecule has 3 aromatic rings. The fourth-order valence-corrected chi connectivity index (χ4v) is 3.58. The van der Waals surface area contributed by atoms with Gasteiger partial charge in [-0.1, -0.05) is 18.2 Å². The molecule has 0 saturated carbocycles. The molecule has 0 aliphatic heterocycles. The van der Waals surface area contributed by atoms with Gasteiger partial charge >= 0.3 is 20.8 Å². The van der Waals surface area contributed by atoms with Crippen LogP contribution in [0.1, 0.15) is 16.8 Å². The number of aromatic hydroxyl groups is 1. The first kappa shape index (κ1) is 22.5. The highest BCUT2D eigenvalue weighted by Crippen LogP contribution is 2.41. The van der Waals surface area contributed by atoms with E-state index in [-0.39, 0.29) is 22.6 Å². The summed E-state index contributed by atoms with van der Waals surface area (Å²) >= 11 is 0. The van der Waals surface area contributed by atoms with Crippen LogP contribution in [0.3, 0.4) is 0 Å². The molecule has 0 bridgehead atoms. The zero-order valence-corrected chi connectivity index (χ0v) is 17.0. The van der Waals surface area contributed by atoms with Gasteiger partial charge in [0.15, 0.2) is 5.60 Å². The Bertz CT molecular complexity index is 1290. The van der Waals surface area contributed by atoms with Crippen LogP contribution >= 0.6 is 0 Å². The van der Waals surface area contributed by atoms with Crippen molar-refractivity contribution in [1.29, 1.82) is 0 Å². The van der Waals surface area contributed by atoms with Gasteiger partial charge in [0, 0.05) is 17.8 Å². The minimum Gasteiger partial charge on any atom is -0.507 e. The van der Waals surface area contributed by atoms with Gasteiger partial charge < -0.3 is 18.6 Å². The molecule has 11 nitrogen and oxygen atoms in total. The number of phenolic OH excluding ortho intramolecular Hbond substituents is 1. The quantitative estimate of drug-likeness (QED) is 0.368. The van der Waals surface area contributed by atoms with Crippen molar-refractivity contribution in [3.63, 3.8) is 0 Å². The Morgan fingerprint density at radius 1 is 0.806 bits per heavy atom. The van der Waals surface area contributed by atoms with Gasteiger partial charge in [-0.25, -0.2) is 0 Å². The number of phenols is 1. The smallest absolute Gasteiger partial charge is 0.446 e. The first-order valence-electron chi connectivity index (χ1n) is 8.30. The third kappa shape index (κ3) is 5.28. The lowest BCUT2D eigenvalue weighted by Crippen LogP contribution is -2.30. The summed E-state index contributed by atoms with van der Waals surface area (Å²) < 4.78 is 69.7. The van der Waals surface area contributed by atoms with E-state index in [0.717, 1.165) is 30.3 Å². The fraction of sp³-hybridized carbons (Fsp3) is 0.0556. The largest absolute Gasteiger partial charge is 0.507 e. The van der Waals surface area contributed by atoms with Gasteiger partial charge in [-0.3, -0.25) is 14.1 Å². The van der Waals surface area contributed by atoms with Crippen molar-refractivity contribution in [1.82, 2.24) is 4.98 Å². The van der Waals surface area contributed by atoms with Crippen LogP contribution in [0.2, 0.25) is 0 Å². The number of nitrogens with zero attached hydrogens (tertiary/aromatic N) is 1. The normalized spacial score (nSPS) is 13.9. The topological polar surface area (TPSA) is 181 Å². The van der Waals surface area contributed by atoms with E-state index in [2.05, 4.69) is 13.4 Å². The van der Waals surface area contributed by atoms with Gasteiger partial charge in [-0.05, 0) is 42.0 Å². The lowest BCUT2D eigenvalue weighted by Gasteiger charge is -2.29. The number of aliphatic hydroxyl groups is 1. The highest BCUT2D eigenvalue weighted by molar-refractivity contribution is 7.81. The number of hydrogen-bond donors (Lipinski definition) is 4. The van der Waals surface area contributed by atoms with Crippen LogP contribution in [0.5, 0.6) is 17.2 Å². The molecule has 0 radical (unpaired) electrons. The third-order valence-corrected chi connectivity index (χ3v) is 4.88. The van der Waals surface area contributed by atoms with Crippen LogP contribution in [0.25, 0.3) is 0 Å². The van der Waals surface area contributed by atoms with E-state index in [0.29, 0.717) is 0 Å². The molecule has 0 aliphatic carbocycles. The summed E-state index contributed by atoms with van der Waals surface area (Å²) in [5.41, 5.74) is -2.03. The molecule has 1 unspecified atom stereocenters. The van der Waals surface area contributed by atoms with Crippen molar-refractivity contribution in [2.24, 2.45) is 0 Å². The minimum absolute atomic E-state index is 0.0668. The number of aromatic nitrogens is 1. The minimum atomic E-state index is -4.84. The molecule has 164 valence electrons. The number of rotatable bonds is 7. The summed E-state index contributed by atoms with van der Waals surface area (Å²) in [5, 5.41) is 22.1. The van der Waals surface area contributed by atoms with Gasteiger partial charge in [0.05, 0.1) is 5.69 Å². The molecule has 0 amide bonds. The Kier molecular flexibility index (Phi) is 5.89. The van der Waals surface area contributed by atoms with E-state index in [4.69, 9.17) is 9.11 Å². The Morgan fingerprint density at radius 2 is 1.39 bits per heavy atom. The summed E-state index contributed by atoms with van der Waals surface area (Å²) in [7, 11) is -9.59. The maximum Gasteiger partial charge on any atom is 0.446 e. The summed E-state index contributed by atoms with van der Waals surface area (Å²) in [6.45, 7) is 0. The second-order valence-electron chi connectivity index (χ2n) is 6.15. The molecule has 4 N–H and O–H groups in total. The van der Waals surface area contributed by atoms with E-state index in [9.17, 15) is 27.0 Å². The number of benzene rings is 2. The lowest BCUT2D eigenvalue weighted by molar-refractivity contribution is 0.117. The van der Waals surface area contributed by atoms with Gasteiger partial charge in [0.2, 0.25) is 0 Å². The van der Waals surface area contributed by atoms with Gasteiger partial charge in [0.1, 0.15) is 17.2 Å². The molecular formula is C18H15NO10S2. The molecule has 1 heterocycles. The Balaban J connectivity index is 2.13. The summed E-state index contributed by atoms with van der Waals surface area (Å²) in [6.07, 6.45) is 1.39. The zero-order valence-electron chi connectivity index (χ0n) is 15.4. The molecule has 0 saturated heterocycles. The molecule has 0 fully saturated rings. The van der Waals surface area contributed by atoms with Gasteiger partial charge in [-0.15, -0.1) is 0 Å². The second kappa shape index (κ2) is 8.13. The maximum atomic E-state index is 11.6. The molecule has 13 heteroatoms. The van der Waals surface area contributed by atoms with Crippen LogP contribution in [-0.4, -0.2) is 41.1 Å². The molecule has 0 spiro atoms. The number of pyridine rings is 1. The van der Waals surface area contributed by atoms with Crippen LogP contribution in [0.15, 0.2) is 66.9 Å². The molecule has 0 aliphatic rings. The van der Waals surface area contributed by atoms with Crippen molar-refractivity contribution < 1.29 is 44.5 Å². The van der Waals surface area contributed by atoms with E-state index in [1.165, 1.54) is 24.4 Å². The first-order valence-corrected chi connectivity index (χ1v) is 11.0. The van der Waals surface area contributed by atoms with Crippen molar-refractivity contribution >= 4 is 20.8 Å². The predicted octanol–water partition coefficient (Wildman–Crippen LogP) is 1.43. The fourth-order valence-electron chi connectivity index (χ4n) is 2.88. The third-order valence-electron chi connectivity index (χ3n) is 4.07. The highest BCUT2D eigenvalue weighted by Gasteiger charge is 2.38. The number of hydrogen-bond acceptors (Lipinski definition) is 9. The van der Waals surface area contributed by atoms with Crippen LogP contribution in [-0.2, 0) is 26.4 Å². The summed E-state index contributed by atoms with van der Waals surface area (Å²) in [5.74, 6) is -1.24. The lowest BCUT2D eigenvalue weighted by atomic mass is 9.82. The summed E-state index contributed by atoms with van der Waals surface area (Å²) in [6, 6.07) is 12.6. The van der Waals surface area contributed by atoms with Crippen molar-refractivity contribution in [2.45, 2.75) is 5.60 Å². The van der Waals surface area contributed by atoms with Crippen LogP contribution < -0.4 is 8.37 Å². The predicted molar refractivity (Wildman–Crippen MR) is 105 cm³/mol. The van der Waals surface area contributed by atoms with Crippen molar-refractivity contribution in [2.75, 3.05) is 0 Å². The average molecular weight is 469 g/mol. The van der Waals surface area contributed by atoms with E-state index in [1.807, 2.05) is 0 Å². The Labute approximate surface area is 177 Å². The maximum absolute atomic E-state index is 11.6. The van der Waals surface area contributed by atoms with Gasteiger partial charge in [0.25, 0.3) is 0 Å². The second-order valence-corrected chi connectivity index (χ2v) is 8.20. The zero-order chi connectivity index (χ0) is 22.9. The molecule has 1 atom stereocenters. The first-order chi connectivity index (χ1) is 14.4. The van der Waals surface area contributed by atoms with E-state index in [1.54, 1.807) is 12.1 Å². The summed E-state index contributed by atoms with van der Waals surface area (Å²) in [4.78, 5) is 4.11. The Hall–Kier alpha value is -3.23. The van der Waals surface area contributed by atoms with Gasteiger partial charge in [-0.2, -0.15) is 16.8 Å². The molecule has 2 aromatic carbocycles. The standard InChI is InChI=1S/C18H15NO10S2/c20-16-11-14(29-31(25,26)27)8-9-15(16)18(21,17-3-1-2-10-19-17)12-4-6-13(7-5-12)28-30(22,23)24/h1-11,20-21H,(H,22,23,24)(H,25,26,27). The highest BCUT2D eigenvalue weighted by atomic mass is 32.3. The average Bonchev–Trinajstić information content (AvgIpc) is 2.66.